The Hall–Kier alpha value is -2.96. The van der Waals surface area contributed by atoms with E-state index in [0.717, 1.165) is 54.2 Å². The highest BCUT2D eigenvalue weighted by molar-refractivity contribution is 5.89. The lowest BCUT2D eigenvalue weighted by atomic mass is 10.0. The van der Waals surface area contributed by atoms with Crippen LogP contribution < -0.4 is 15.8 Å². The maximum absolute atomic E-state index is 11.7. The van der Waals surface area contributed by atoms with Gasteiger partial charge in [0.25, 0.3) is 5.56 Å². The van der Waals surface area contributed by atoms with Crippen LogP contribution >= 0.6 is 0 Å². The van der Waals surface area contributed by atoms with Crippen LogP contribution in [0.4, 0.5) is 11.8 Å². The van der Waals surface area contributed by atoms with Crippen molar-refractivity contribution in [1.29, 1.82) is 0 Å². The molecule has 2 fully saturated rings. The summed E-state index contributed by atoms with van der Waals surface area (Å²) in [6, 6.07) is 10.1. The van der Waals surface area contributed by atoms with Gasteiger partial charge in [0.15, 0.2) is 0 Å². The third kappa shape index (κ3) is 3.44. The van der Waals surface area contributed by atoms with Gasteiger partial charge in [-0.15, -0.1) is 0 Å². The second kappa shape index (κ2) is 6.89. The minimum Gasteiger partial charge on any atom is -0.367 e. The Bertz CT molecular complexity index is 1070. The first-order chi connectivity index (χ1) is 13.7. The highest BCUT2D eigenvalue weighted by atomic mass is 16.1. The second-order valence-electron chi connectivity index (χ2n) is 7.84. The standard InChI is InChI=1S/C21H24N6O/c1-13-12-18(28)25-21(22-13)27-10-8-15(9-11-27)23-20-16-4-2-3-5-17(16)24-19(26-20)14-6-7-14/h2-5,12,14-15H,6-11H2,1H3,(H,22,25,28)(H,23,24,26). The zero-order chi connectivity index (χ0) is 19.1. The number of rotatable bonds is 4. The van der Waals surface area contributed by atoms with Crippen LogP contribution in [0.3, 0.4) is 0 Å². The Morgan fingerprint density at radius 3 is 2.61 bits per heavy atom. The lowest BCUT2D eigenvalue weighted by Crippen LogP contribution is -2.40. The maximum atomic E-state index is 11.7. The lowest BCUT2D eigenvalue weighted by molar-refractivity contribution is 0.518. The zero-order valence-corrected chi connectivity index (χ0v) is 16.0. The van der Waals surface area contributed by atoms with Crippen molar-refractivity contribution in [2.75, 3.05) is 23.3 Å². The Labute approximate surface area is 163 Å². The molecule has 1 saturated heterocycles. The lowest BCUT2D eigenvalue weighted by Gasteiger charge is -2.33. The van der Waals surface area contributed by atoms with Gasteiger partial charge in [0.2, 0.25) is 5.95 Å². The quantitative estimate of drug-likeness (QED) is 0.728. The van der Waals surface area contributed by atoms with Crippen LogP contribution in [0, 0.1) is 6.92 Å². The van der Waals surface area contributed by atoms with Crippen LogP contribution in [0.25, 0.3) is 10.9 Å². The van der Waals surface area contributed by atoms with Crippen LogP contribution in [-0.4, -0.2) is 39.1 Å². The number of piperidine rings is 1. The van der Waals surface area contributed by atoms with Crippen LogP contribution in [0.5, 0.6) is 0 Å². The van der Waals surface area contributed by atoms with Crippen LogP contribution in [0.1, 0.15) is 43.1 Å². The van der Waals surface area contributed by atoms with Gasteiger partial charge in [-0.05, 0) is 44.7 Å². The summed E-state index contributed by atoms with van der Waals surface area (Å²) < 4.78 is 0. The molecule has 0 radical (unpaired) electrons. The van der Waals surface area contributed by atoms with E-state index in [1.807, 2.05) is 19.1 Å². The van der Waals surface area contributed by atoms with E-state index in [-0.39, 0.29) is 5.56 Å². The topological polar surface area (TPSA) is 86.8 Å². The van der Waals surface area contributed by atoms with E-state index < -0.39 is 0 Å². The predicted octanol–water partition coefficient (Wildman–Crippen LogP) is 2.98. The number of nitrogens with one attached hydrogen (secondary N) is 2. The normalized spacial score (nSPS) is 17.8. The van der Waals surface area contributed by atoms with Gasteiger partial charge in [0, 0.05) is 42.2 Å². The van der Waals surface area contributed by atoms with Gasteiger partial charge in [-0.25, -0.2) is 15.0 Å². The second-order valence-corrected chi connectivity index (χ2v) is 7.84. The smallest absolute Gasteiger partial charge is 0.252 e. The molecule has 28 heavy (non-hydrogen) atoms. The fourth-order valence-corrected chi connectivity index (χ4v) is 3.87. The molecule has 2 N–H and O–H groups in total. The highest BCUT2D eigenvalue weighted by Crippen LogP contribution is 2.39. The molecule has 0 unspecified atom stereocenters. The van der Waals surface area contributed by atoms with Crippen LogP contribution in [-0.2, 0) is 0 Å². The molecular formula is C21H24N6O. The Kier molecular flexibility index (Phi) is 4.22. The first-order valence-corrected chi connectivity index (χ1v) is 10.0. The molecule has 3 aromatic rings. The van der Waals surface area contributed by atoms with Crippen molar-refractivity contribution >= 4 is 22.7 Å². The average molecular weight is 376 g/mol. The molecule has 1 aromatic carbocycles. The molecular weight excluding hydrogens is 352 g/mol. The summed E-state index contributed by atoms with van der Waals surface area (Å²) in [5.41, 5.74) is 1.67. The fraction of sp³-hybridized carbons (Fsp3) is 0.429. The molecule has 2 aromatic heterocycles. The van der Waals surface area contributed by atoms with Gasteiger partial charge in [-0.3, -0.25) is 9.78 Å². The number of nitrogens with zero attached hydrogens (tertiary/aromatic N) is 4. The van der Waals surface area contributed by atoms with Crippen molar-refractivity contribution in [3.05, 3.63) is 52.2 Å². The number of fused-ring (bicyclic) bond motifs is 1. The molecule has 0 amide bonds. The van der Waals surface area contributed by atoms with E-state index in [9.17, 15) is 4.79 Å². The van der Waals surface area contributed by atoms with Gasteiger partial charge in [0.05, 0.1) is 5.52 Å². The molecule has 0 bridgehead atoms. The minimum absolute atomic E-state index is 0.0946. The number of aromatic amines is 1. The van der Waals surface area contributed by atoms with Gasteiger partial charge < -0.3 is 10.2 Å². The first-order valence-electron chi connectivity index (χ1n) is 10.0. The van der Waals surface area contributed by atoms with Crippen LogP contribution in [0.2, 0.25) is 0 Å². The molecule has 0 spiro atoms. The summed E-state index contributed by atoms with van der Waals surface area (Å²) in [6.45, 7) is 3.55. The molecule has 144 valence electrons. The van der Waals surface area contributed by atoms with Gasteiger partial charge in [-0.2, -0.15) is 0 Å². The molecule has 7 heteroatoms. The molecule has 1 saturated carbocycles. The number of H-pyrrole nitrogens is 1. The third-order valence-corrected chi connectivity index (χ3v) is 5.56. The largest absolute Gasteiger partial charge is 0.367 e. The zero-order valence-electron chi connectivity index (χ0n) is 16.0. The van der Waals surface area contributed by atoms with E-state index in [1.165, 1.54) is 18.9 Å². The van der Waals surface area contributed by atoms with Crippen molar-refractivity contribution in [2.45, 2.75) is 44.6 Å². The molecule has 1 aliphatic carbocycles. The van der Waals surface area contributed by atoms with Gasteiger partial charge in [0.1, 0.15) is 11.6 Å². The van der Waals surface area contributed by atoms with Gasteiger partial charge >= 0.3 is 0 Å². The number of aromatic nitrogens is 4. The van der Waals surface area contributed by atoms with Crippen molar-refractivity contribution in [3.63, 3.8) is 0 Å². The molecule has 5 rings (SSSR count). The fourth-order valence-electron chi connectivity index (χ4n) is 3.87. The summed E-state index contributed by atoms with van der Waals surface area (Å²) >= 11 is 0. The van der Waals surface area contributed by atoms with E-state index in [1.54, 1.807) is 0 Å². The molecule has 1 aliphatic heterocycles. The van der Waals surface area contributed by atoms with Crippen LogP contribution in [0.15, 0.2) is 35.1 Å². The van der Waals surface area contributed by atoms with Crippen molar-refractivity contribution < 1.29 is 0 Å². The summed E-state index contributed by atoms with van der Waals surface area (Å²) in [6.07, 6.45) is 4.32. The number of para-hydroxylation sites is 1. The van der Waals surface area contributed by atoms with Crippen molar-refractivity contribution in [2.24, 2.45) is 0 Å². The summed E-state index contributed by atoms with van der Waals surface area (Å²) in [5.74, 6) is 3.12. The summed E-state index contributed by atoms with van der Waals surface area (Å²) in [7, 11) is 0. The number of aryl methyl sites for hydroxylation is 1. The van der Waals surface area contributed by atoms with Gasteiger partial charge in [-0.1, -0.05) is 12.1 Å². The minimum atomic E-state index is -0.0946. The Morgan fingerprint density at radius 2 is 1.86 bits per heavy atom. The van der Waals surface area contributed by atoms with Crippen molar-refractivity contribution in [1.82, 2.24) is 19.9 Å². The molecule has 2 aliphatic rings. The predicted molar refractivity (Wildman–Crippen MR) is 110 cm³/mol. The van der Waals surface area contributed by atoms with E-state index in [4.69, 9.17) is 9.97 Å². The average Bonchev–Trinajstić information content (AvgIpc) is 3.53. The maximum Gasteiger partial charge on any atom is 0.252 e. The highest BCUT2D eigenvalue weighted by Gasteiger charge is 2.28. The Balaban J connectivity index is 1.33. The third-order valence-electron chi connectivity index (χ3n) is 5.56. The summed E-state index contributed by atoms with van der Waals surface area (Å²) in [4.78, 5) is 30.8. The molecule has 3 heterocycles. The number of hydrogen-bond acceptors (Lipinski definition) is 6. The van der Waals surface area contributed by atoms with E-state index >= 15 is 0 Å². The SMILES string of the molecule is Cc1cc(=O)[nH]c(N2CCC(Nc3nc(C4CC4)nc4ccccc34)CC2)n1. The monoisotopic (exact) mass is 376 g/mol. The number of benzene rings is 1. The van der Waals surface area contributed by atoms with E-state index in [2.05, 4.69) is 32.3 Å². The molecule has 7 nitrogen and oxygen atoms in total. The summed E-state index contributed by atoms with van der Waals surface area (Å²) in [5, 5.41) is 4.75. The van der Waals surface area contributed by atoms with E-state index in [0.29, 0.717) is 17.9 Å². The Morgan fingerprint density at radius 1 is 1.07 bits per heavy atom. The molecule has 0 atom stereocenters. The number of hydrogen-bond donors (Lipinski definition) is 2. The number of anilines is 2. The van der Waals surface area contributed by atoms with Crippen molar-refractivity contribution in [3.8, 4) is 0 Å². The first kappa shape index (κ1) is 17.2.